The molecule has 0 spiro atoms. The van der Waals surface area contributed by atoms with Gasteiger partial charge in [0.2, 0.25) is 11.2 Å². The van der Waals surface area contributed by atoms with Gasteiger partial charge in [-0.15, -0.1) is 0 Å². The van der Waals surface area contributed by atoms with Gasteiger partial charge in [0, 0.05) is 6.54 Å². The molecule has 1 atom stereocenters. The SMILES string of the molecule is COc1nc(Cl)nc(NCC2COCCO2)n1. The van der Waals surface area contributed by atoms with Crippen LogP contribution in [0.2, 0.25) is 5.28 Å². The number of rotatable bonds is 4. The molecule has 0 radical (unpaired) electrons. The monoisotopic (exact) mass is 260 g/mol. The van der Waals surface area contributed by atoms with Crippen molar-refractivity contribution in [2.24, 2.45) is 0 Å². The van der Waals surface area contributed by atoms with E-state index in [1.54, 1.807) is 0 Å². The Morgan fingerprint density at radius 3 is 3.00 bits per heavy atom. The van der Waals surface area contributed by atoms with Gasteiger partial charge in [0.25, 0.3) is 0 Å². The highest BCUT2D eigenvalue weighted by atomic mass is 35.5. The van der Waals surface area contributed by atoms with E-state index in [0.29, 0.717) is 32.3 Å². The number of anilines is 1. The molecule has 1 aliphatic rings. The van der Waals surface area contributed by atoms with Crippen LogP contribution in [0.15, 0.2) is 0 Å². The number of hydrogen-bond donors (Lipinski definition) is 1. The van der Waals surface area contributed by atoms with Crippen molar-refractivity contribution in [3.8, 4) is 6.01 Å². The molecule has 0 aromatic carbocycles. The molecule has 0 amide bonds. The van der Waals surface area contributed by atoms with Gasteiger partial charge in [0.05, 0.1) is 33.0 Å². The van der Waals surface area contributed by atoms with E-state index < -0.39 is 0 Å². The van der Waals surface area contributed by atoms with E-state index in [9.17, 15) is 0 Å². The van der Waals surface area contributed by atoms with Crippen LogP contribution in [0.25, 0.3) is 0 Å². The summed E-state index contributed by atoms with van der Waals surface area (Å²) in [7, 11) is 1.47. The van der Waals surface area contributed by atoms with E-state index in [1.165, 1.54) is 7.11 Å². The van der Waals surface area contributed by atoms with Crippen molar-refractivity contribution in [3.63, 3.8) is 0 Å². The molecule has 8 heteroatoms. The Labute approximate surface area is 103 Å². The molecule has 17 heavy (non-hydrogen) atoms. The molecule has 0 bridgehead atoms. The van der Waals surface area contributed by atoms with E-state index in [-0.39, 0.29) is 17.4 Å². The number of methoxy groups -OCH3 is 1. The van der Waals surface area contributed by atoms with Gasteiger partial charge in [-0.3, -0.25) is 0 Å². The average molecular weight is 261 g/mol. The summed E-state index contributed by atoms with van der Waals surface area (Å²) in [6.45, 7) is 2.35. The second-order valence-electron chi connectivity index (χ2n) is 3.36. The fourth-order valence-electron chi connectivity index (χ4n) is 1.36. The molecule has 2 heterocycles. The van der Waals surface area contributed by atoms with E-state index in [4.69, 9.17) is 25.8 Å². The molecule has 1 saturated heterocycles. The summed E-state index contributed by atoms with van der Waals surface area (Å²) in [5.74, 6) is 0.357. The van der Waals surface area contributed by atoms with Gasteiger partial charge in [0.1, 0.15) is 0 Å². The van der Waals surface area contributed by atoms with Crippen molar-refractivity contribution < 1.29 is 14.2 Å². The molecular weight excluding hydrogens is 248 g/mol. The minimum Gasteiger partial charge on any atom is -0.467 e. The van der Waals surface area contributed by atoms with Gasteiger partial charge < -0.3 is 19.5 Å². The predicted octanol–water partition coefficient (Wildman–Crippen LogP) is 0.361. The lowest BCUT2D eigenvalue weighted by atomic mass is 10.3. The van der Waals surface area contributed by atoms with Crippen molar-refractivity contribution in [3.05, 3.63) is 5.28 Å². The first kappa shape index (κ1) is 12.3. The van der Waals surface area contributed by atoms with Crippen molar-refractivity contribution >= 4 is 17.5 Å². The van der Waals surface area contributed by atoms with Crippen LogP contribution in [0, 0.1) is 0 Å². The Morgan fingerprint density at radius 1 is 1.41 bits per heavy atom. The maximum absolute atomic E-state index is 5.71. The third-order valence-corrected chi connectivity index (χ3v) is 2.31. The molecule has 1 aliphatic heterocycles. The number of ether oxygens (including phenoxy) is 3. The summed E-state index contributed by atoms with van der Waals surface area (Å²) in [6, 6.07) is 0.174. The lowest BCUT2D eigenvalue weighted by Gasteiger charge is -2.22. The topological polar surface area (TPSA) is 78.4 Å². The first-order valence-electron chi connectivity index (χ1n) is 5.16. The zero-order valence-electron chi connectivity index (χ0n) is 9.35. The van der Waals surface area contributed by atoms with E-state index in [0.717, 1.165) is 0 Å². The van der Waals surface area contributed by atoms with Crippen LogP contribution >= 0.6 is 11.6 Å². The Kier molecular flexibility index (Phi) is 4.29. The van der Waals surface area contributed by atoms with Crippen LogP contribution in [0.3, 0.4) is 0 Å². The zero-order valence-corrected chi connectivity index (χ0v) is 10.1. The summed E-state index contributed by atoms with van der Waals surface area (Å²) in [5, 5.41) is 3.08. The van der Waals surface area contributed by atoms with Crippen molar-refractivity contribution in [2.75, 3.05) is 38.8 Å². The average Bonchev–Trinajstić information content (AvgIpc) is 2.37. The second-order valence-corrected chi connectivity index (χ2v) is 3.70. The normalized spacial score (nSPS) is 20.0. The molecule has 94 valence electrons. The Bertz CT molecular complexity index is 373. The fourth-order valence-corrected chi connectivity index (χ4v) is 1.51. The first-order chi connectivity index (χ1) is 8.28. The zero-order chi connectivity index (χ0) is 12.1. The number of nitrogens with one attached hydrogen (secondary N) is 1. The standard InChI is InChI=1S/C9H13ClN4O3/c1-15-9-13-7(10)12-8(14-9)11-4-6-5-16-2-3-17-6/h6H,2-5H2,1H3,(H,11,12,13,14). The molecule has 1 N–H and O–H groups in total. The minimum absolute atomic E-state index is 0.00899. The summed E-state index contributed by atoms with van der Waals surface area (Å²) in [6.07, 6.45) is -0.00899. The van der Waals surface area contributed by atoms with Crippen molar-refractivity contribution in [2.45, 2.75) is 6.10 Å². The quantitative estimate of drug-likeness (QED) is 0.837. The van der Waals surface area contributed by atoms with E-state index >= 15 is 0 Å². The third kappa shape index (κ3) is 3.65. The molecule has 1 aromatic heterocycles. The van der Waals surface area contributed by atoms with Gasteiger partial charge >= 0.3 is 6.01 Å². The summed E-state index contributed by atoms with van der Waals surface area (Å²) < 4.78 is 15.6. The molecule has 1 aromatic rings. The number of aromatic nitrogens is 3. The lowest BCUT2D eigenvalue weighted by Crippen LogP contribution is -2.34. The molecule has 0 aliphatic carbocycles. The highest BCUT2D eigenvalue weighted by molar-refractivity contribution is 6.28. The first-order valence-corrected chi connectivity index (χ1v) is 5.54. The Morgan fingerprint density at radius 2 is 2.29 bits per heavy atom. The van der Waals surface area contributed by atoms with Gasteiger partial charge in [-0.25, -0.2) is 0 Å². The van der Waals surface area contributed by atoms with Gasteiger partial charge in [0.15, 0.2) is 0 Å². The smallest absolute Gasteiger partial charge is 0.322 e. The van der Waals surface area contributed by atoms with Crippen LogP contribution in [0.1, 0.15) is 0 Å². The highest BCUT2D eigenvalue weighted by Gasteiger charge is 2.14. The molecule has 1 unspecified atom stereocenters. The van der Waals surface area contributed by atoms with Crippen LogP contribution < -0.4 is 10.1 Å². The predicted molar refractivity (Wildman–Crippen MR) is 60.4 cm³/mol. The second kappa shape index (κ2) is 5.95. The van der Waals surface area contributed by atoms with Crippen LogP contribution in [-0.2, 0) is 9.47 Å². The van der Waals surface area contributed by atoms with Gasteiger partial charge in [-0.2, -0.15) is 15.0 Å². The summed E-state index contributed by atoms with van der Waals surface area (Å²) in [5.41, 5.74) is 0. The molecular formula is C9H13ClN4O3. The molecule has 2 rings (SSSR count). The van der Waals surface area contributed by atoms with Gasteiger partial charge in [-0.05, 0) is 11.6 Å². The fraction of sp³-hybridized carbons (Fsp3) is 0.667. The Hall–Kier alpha value is -1.18. The van der Waals surface area contributed by atoms with Crippen LogP contribution in [0.4, 0.5) is 5.95 Å². The largest absolute Gasteiger partial charge is 0.467 e. The maximum atomic E-state index is 5.71. The number of halogens is 1. The Balaban J connectivity index is 1.91. The van der Waals surface area contributed by atoms with Crippen LogP contribution in [0.5, 0.6) is 6.01 Å². The molecule has 1 fully saturated rings. The number of hydrogen-bond acceptors (Lipinski definition) is 7. The van der Waals surface area contributed by atoms with Crippen molar-refractivity contribution in [1.82, 2.24) is 15.0 Å². The van der Waals surface area contributed by atoms with E-state index in [2.05, 4.69) is 20.3 Å². The van der Waals surface area contributed by atoms with E-state index in [1.807, 2.05) is 0 Å². The van der Waals surface area contributed by atoms with Crippen LogP contribution in [-0.4, -0.2) is 54.5 Å². The summed E-state index contributed by atoms with van der Waals surface area (Å²) in [4.78, 5) is 11.7. The van der Waals surface area contributed by atoms with Gasteiger partial charge in [-0.1, -0.05) is 0 Å². The lowest BCUT2D eigenvalue weighted by molar-refractivity contribution is -0.0819. The third-order valence-electron chi connectivity index (χ3n) is 2.14. The highest BCUT2D eigenvalue weighted by Crippen LogP contribution is 2.11. The van der Waals surface area contributed by atoms with Crippen molar-refractivity contribution in [1.29, 1.82) is 0 Å². The molecule has 0 saturated carbocycles. The maximum Gasteiger partial charge on any atom is 0.322 e. The summed E-state index contributed by atoms with van der Waals surface area (Å²) >= 11 is 5.71. The minimum atomic E-state index is -0.00899. The molecule has 7 nitrogen and oxygen atoms in total. The number of nitrogens with zero attached hydrogens (tertiary/aromatic N) is 3.